The highest BCUT2D eigenvalue weighted by atomic mass is 35.5. The highest BCUT2D eigenvalue weighted by Gasteiger charge is 2.35. The molecule has 2 aliphatic heterocycles. The first-order valence-corrected chi connectivity index (χ1v) is 24.1. The molecule has 64 heavy (non-hydrogen) atoms. The number of benzene rings is 2. The van der Waals surface area contributed by atoms with E-state index in [0.717, 1.165) is 67.8 Å². The van der Waals surface area contributed by atoms with Crippen molar-refractivity contribution in [1.82, 2.24) is 29.5 Å². The van der Waals surface area contributed by atoms with Gasteiger partial charge in [-0.25, -0.2) is 0 Å². The van der Waals surface area contributed by atoms with Gasteiger partial charge in [0.15, 0.2) is 17.4 Å². The normalized spacial score (nSPS) is 15.4. The molecule has 0 amide bonds. The van der Waals surface area contributed by atoms with E-state index in [1.165, 1.54) is 16.2 Å². The van der Waals surface area contributed by atoms with Crippen molar-refractivity contribution >= 4 is 74.6 Å². The second-order valence-electron chi connectivity index (χ2n) is 16.4. The first-order chi connectivity index (χ1) is 30.8. The van der Waals surface area contributed by atoms with Crippen molar-refractivity contribution in [2.45, 2.75) is 111 Å². The van der Waals surface area contributed by atoms with Crippen LogP contribution in [0.25, 0.3) is 10.0 Å². The van der Waals surface area contributed by atoms with Gasteiger partial charge in [-0.3, -0.25) is 33.5 Å². The molecule has 4 aromatic heterocycles. The lowest BCUT2D eigenvalue weighted by Crippen LogP contribution is -2.12. The van der Waals surface area contributed by atoms with Gasteiger partial charge < -0.3 is 4.74 Å². The van der Waals surface area contributed by atoms with Crippen LogP contribution >= 0.6 is 45.9 Å². The number of aliphatic imine (C=N–C) groups is 2. The molecule has 0 bridgehead atoms. The molecule has 2 aromatic carbocycles. The number of unbranched alkanes of at least 4 members (excludes halogenated alkanes) is 1. The molecule has 0 radical (unpaired) electrons. The SMILES string of the molecule is CCCCC(=O)C[C@@H]1N=C(c2ccc(Cl)cc2)c2c(sc(C(=O)CCCOCCCC(=O)C[C@@H]3N=C(c4ccc(Cl)cc4)c4c(sc(C)c4C)-n4c(C)nnc43)c2C)-n2c(C)nnc21. The lowest BCUT2D eigenvalue weighted by atomic mass is 9.98. The smallest absolute Gasteiger partial charge is 0.173 e. The van der Waals surface area contributed by atoms with Gasteiger partial charge >= 0.3 is 0 Å². The Hall–Kier alpha value is -4.99. The summed E-state index contributed by atoms with van der Waals surface area (Å²) in [5.74, 6) is 2.84. The number of hydrogen-bond donors (Lipinski definition) is 0. The largest absolute Gasteiger partial charge is 0.381 e. The lowest BCUT2D eigenvalue weighted by Gasteiger charge is -2.12. The van der Waals surface area contributed by atoms with E-state index in [1.54, 1.807) is 11.3 Å². The van der Waals surface area contributed by atoms with Crippen LogP contribution in [0.3, 0.4) is 0 Å². The van der Waals surface area contributed by atoms with Crippen LogP contribution in [-0.2, 0) is 14.3 Å². The number of carbonyl (C=O) groups is 3. The van der Waals surface area contributed by atoms with Crippen LogP contribution in [0.4, 0.5) is 0 Å². The van der Waals surface area contributed by atoms with E-state index in [4.69, 9.17) is 37.9 Å². The van der Waals surface area contributed by atoms with Crippen LogP contribution in [-0.4, -0.2) is 71.5 Å². The predicted molar refractivity (Wildman–Crippen MR) is 254 cm³/mol. The van der Waals surface area contributed by atoms with Crippen LogP contribution < -0.4 is 0 Å². The van der Waals surface area contributed by atoms with Crippen molar-refractivity contribution in [3.63, 3.8) is 0 Å². The quantitative estimate of drug-likeness (QED) is 0.0611. The van der Waals surface area contributed by atoms with Crippen molar-refractivity contribution in [3.05, 3.63) is 125 Å². The van der Waals surface area contributed by atoms with E-state index in [9.17, 15) is 14.4 Å². The average molecular weight is 938 g/mol. The molecule has 332 valence electrons. The molecule has 0 N–H and O–H groups in total. The zero-order valence-electron chi connectivity index (χ0n) is 36.8. The Morgan fingerprint density at radius 2 is 1.09 bits per heavy atom. The molecule has 0 unspecified atom stereocenters. The second-order valence-corrected chi connectivity index (χ2v) is 19.5. The van der Waals surface area contributed by atoms with E-state index in [2.05, 4.69) is 45.7 Å². The Bertz CT molecular complexity index is 2800. The van der Waals surface area contributed by atoms with Gasteiger partial charge in [-0.1, -0.05) is 60.8 Å². The molecule has 16 heteroatoms. The van der Waals surface area contributed by atoms with Crippen molar-refractivity contribution in [3.8, 4) is 10.0 Å². The minimum Gasteiger partial charge on any atom is -0.381 e. The minimum atomic E-state index is -0.533. The molecule has 12 nitrogen and oxygen atoms in total. The van der Waals surface area contributed by atoms with Gasteiger partial charge in [0.05, 0.1) is 16.3 Å². The number of aryl methyl sites for hydroxylation is 3. The van der Waals surface area contributed by atoms with Crippen LogP contribution in [0.5, 0.6) is 0 Å². The summed E-state index contributed by atoms with van der Waals surface area (Å²) in [5.41, 5.74) is 7.09. The van der Waals surface area contributed by atoms with E-state index in [0.29, 0.717) is 77.0 Å². The number of carbonyl (C=O) groups excluding carboxylic acids is 3. The molecule has 2 aliphatic rings. The van der Waals surface area contributed by atoms with Gasteiger partial charge in [0, 0.05) is 82.5 Å². The highest BCUT2D eigenvalue weighted by molar-refractivity contribution is 7.17. The third-order valence-corrected chi connectivity index (χ3v) is 14.8. The molecule has 0 fully saturated rings. The summed E-state index contributed by atoms with van der Waals surface area (Å²) in [6.07, 6.45) is 4.30. The summed E-state index contributed by atoms with van der Waals surface area (Å²) in [6.45, 7) is 12.8. The van der Waals surface area contributed by atoms with Gasteiger partial charge in [0.1, 0.15) is 45.3 Å². The fourth-order valence-electron chi connectivity index (χ4n) is 8.35. The molecule has 0 saturated carbocycles. The molecular weight excluding hydrogens is 888 g/mol. The number of nitrogens with zero attached hydrogens (tertiary/aromatic N) is 8. The van der Waals surface area contributed by atoms with Gasteiger partial charge in [-0.15, -0.1) is 43.1 Å². The van der Waals surface area contributed by atoms with E-state index < -0.39 is 12.1 Å². The molecule has 2 atom stereocenters. The number of ketones is 3. The Labute approximate surface area is 390 Å². The van der Waals surface area contributed by atoms with E-state index >= 15 is 0 Å². The molecular formula is C48H50Cl2N8O4S2. The molecule has 0 saturated heterocycles. The first-order valence-electron chi connectivity index (χ1n) is 21.7. The van der Waals surface area contributed by atoms with E-state index in [-0.39, 0.29) is 36.6 Å². The van der Waals surface area contributed by atoms with Gasteiger partial charge in [0.2, 0.25) is 0 Å². The summed E-state index contributed by atoms with van der Waals surface area (Å²) >= 11 is 15.6. The Morgan fingerprint density at radius 1 is 0.625 bits per heavy atom. The topological polar surface area (TPSA) is 147 Å². The fraction of sp³-hybridized carbons (Fsp3) is 0.396. The number of halogens is 2. The highest BCUT2D eigenvalue weighted by Crippen LogP contribution is 2.42. The van der Waals surface area contributed by atoms with Crippen molar-refractivity contribution < 1.29 is 19.1 Å². The summed E-state index contributed by atoms with van der Waals surface area (Å²) < 4.78 is 9.99. The van der Waals surface area contributed by atoms with Crippen molar-refractivity contribution in [1.29, 1.82) is 0 Å². The number of aromatic nitrogens is 6. The van der Waals surface area contributed by atoms with Crippen LogP contribution in [0.15, 0.2) is 58.5 Å². The maximum Gasteiger partial charge on any atom is 0.173 e. The average Bonchev–Trinajstić information content (AvgIpc) is 3.98. The predicted octanol–water partition coefficient (Wildman–Crippen LogP) is 11.2. The van der Waals surface area contributed by atoms with Crippen LogP contribution in [0.1, 0.15) is 148 Å². The summed E-state index contributed by atoms with van der Waals surface area (Å²) in [7, 11) is 0. The third-order valence-electron chi connectivity index (χ3n) is 11.8. The summed E-state index contributed by atoms with van der Waals surface area (Å²) in [6, 6.07) is 14.1. The Balaban J connectivity index is 0.911. The van der Waals surface area contributed by atoms with E-state index in [1.807, 2.05) is 73.9 Å². The summed E-state index contributed by atoms with van der Waals surface area (Å²) in [5, 5.41) is 20.9. The number of Topliss-reactive ketones (excluding diaryl/α,β-unsaturated/α-hetero) is 3. The maximum atomic E-state index is 13.9. The van der Waals surface area contributed by atoms with Crippen LogP contribution in [0.2, 0.25) is 10.0 Å². The lowest BCUT2D eigenvalue weighted by molar-refractivity contribution is -0.120. The number of thiophene rings is 2. The first kappa shape index (κ1) is 45.6. The number of ether oxygens (including phenoxy) is 1. The molecule has 0 spiro atoms. The van der Waals surface area contributed by atoms with Crippen LogP contribution in [0, 0.1) is 34.6 Å². The number of hydrogen-bond acceptors (Lipinski definition) is 12. The zero-order chi connectivity index (χ0) is 45.2. The maximum absolute atomic E-state index is 13.9. The Kier molecular flexibility index (Phi) is 14.0. The molecule has 0 aliphatic carbocycles. The van der Waals surface area contributed by atoms with Crippen molar-refractivity contribution in [2.75, 3.05) is 13.2 Å². The third kappa shape index (κ3) is 9.26. The number of fused-ring (bicyclic) bond motifs is 6. The van der Waals surface area contributed by atoms with Crippen molar-refractivity contribution in [2.24, 2.45) is 9.98 Å². The fourth-order valence-corrected chi connectivity index (χ4v) is 11.2. The minimum absolute atomic E-state index is 0.00750. The summed E-state index contributed by atoms with van der Waals surface area (Å²) in [4.78, 5) is 52.9. The molecule has 6 aromatic rings. The van der Waals surface area contributed by atoms with Gasteiger partial charge in [0.25, 0.3) is 0 Å². The number of rotatable bonds is 18. The molecule has 6 heterocycles. The molecule has 8 rings (SSSR count). The van der Waals surface area contributed by atoms with Gasteiger partial charge in [-0.05, 0) is 89.3 Å². The standard InChI is InChI=1S/C48H50Cl2N8O4S2/c1-7-8-11-35(59)24-37-46-56-54-30(6)58(46)48-41(43(52-37)32-16-20-34(50)21-17-32)27(3)44(64-48)39(61)13-10-23-62-22-9-12-36(60)25-38-45-55-53-29(5)57(45)47-40(26(2)28(4)63-47)42(51-38)31-14-18-33(49)19-15-31/h14-21,37-38H,7-13,22-25H2,1-6H3/t37-,38-/m0/s1. The monoisotopic (exact) mass is 936 g/mol. The second kappa shape index (κ2) is 19.6. The van der Waals surface area contributed by atoms with Gasteiger partial charge in [-0.2, -0.15) is 0 Å². The zero-order valence-corrected chi connectivity index (χ0v) is 40.0. The Morgan fingerprint density at radius 3 is 1.61 bits per heavy atom.